The molecule has 0 aliphatic rings. The fourth-order valence-corrected chi connectivity index (χ4v) is 3.69. The molecule has 0 spiro atoms. The number of aromatic hydroxyl groups is 1. The minimum Gasteiger partial charge on any atom is -0.508 e. The Kier molecular flexibility index (Phi) is 15.9. The summed E-state index contributed by atoms with van der Waals surface area (Å²) >= 11 is 0. The summed E-state index contributed by atoms with van der Waals surface area (Å²) < 4.78 is 0. The average molecular weight is 446 g/mol. The van der Waals surface area contributed by atoms with Crippen LogP contribution in [0.3, 0.4) is 0 Å². The Morgan fingerprint density at radius 3 is 1.94 bits per heavy atom. The van der Waals surface area contributed by atoms with Crippen LogP contribution in [0, 0.1) is 0 Å². The molecule has 1 aromatic rings. The van der Waals surface area contributed by atoms with Crippen LogP contribution in [-0.2, 0) is 16.0 Å². The summed E-state index contributed by atoms with van der Waals surface area (Å²) in [5, 5.41) is 21.3. The maximum atomic E-state index is 12.1. The van der Waals surface area contributed by atoms with Gasteiger partial charge in [0.2, 0.25) is 5.91 Å². The molecule has 1 rings (SSSR count). The number of aliphatic carboxylic acids is 1. The van der Waals surface area contributed by atoms with E-state index in [2.05, 4.69) is 24.4 Å². The standard InChI is InChI=1S/C27H43NO4/c1-2-3-4-5-6-7-8-9-10-11-12-13-14-15-16-17-26(30)28-25(27(31)32)22-23-18-20-24(29)21-19-23/h7-8,18-21,25,29H,2-6,9-17,22H2,1H3,(H,28,30)(H,31,32)/t25-/m0/s1. The zero-order chi connectivity index (χ0) is 23.4. The fourth-order valence-electron chi connectivity index (χ4n) is 3.69. The first-order chi connectivity index (χ1) is 15.5. The summed E-state index contributed by atoms with van der Waals surface area (Å²) in [6.07, 6.45) is 20.8. The Labute approximate surface area is 194 Å². The molecule has 0 aliphatic heterocycles. The number of benzene rings is 1. The maximum Gasteiger partial charge on any atom is 0.326 e. The number of carboxylic acid groups (broad SMARTS) is 1. The number of phenols is 1. The predicted molar refractivity (Wildman–Crippen MR) is 131 cm³/mol. The van der Waals surface area contributed by atoms with Gasteiger partial charge in [-0.25, -0.2) is 4.79 Å². The number of unbranched alkanes of at least 4 members (excludes halogenated alkanes) is 11. The number of carbonyl (C=O) groups excluding carboxylic acids is 1. The lowest BCUT2D eigenvalue weighted by atomic mass is 10.0. The second-order valence-corrected chi connectivity index (χ2v) is 8.66. The van der Waals surface area contributed by atoms with E-state index in [1.165, 1.54) is 76.3 Å². The van der Waals surface area contributed by atoms with Gasteiger partial charge in [-0.3, -0.25) is 4.79 Å². The second kappa shape index (κ2) is 18.3. The SMILES string of the molecule is CCCCCCC=CCCCCCCCCCC(=O)N[C@@H](Cc1ccc(O)cc1)C(=O)O. The quantitative estimate of drug-likeness (QED) is 0.167. The highest BCUT2D eigenvalue weighted by Gasteiger charge is 2.20. The third-order valence-corrected chi connectivity index (χ3v) is 5.68. The molecule has 3 N–H and O–H groups in total. The third kappa shape index (κ3) is 14.7. The van der Waals surface area contributed by atoms with Gasteiger partial charge in [0.15, 0.2) is 0 Å². The van der Waals surface area contributed by atoms with Gasteiger partial charge in [-0.2, -0.15) is 0 Å². The monoisotopic (exact) mass is 445 g/mol. The van der Waals surface area contributed by atoms with Gasteiger partial charge < -0.3 is 15.5 Å². The first-order valence-corrected chi connectivity index (χ1v) is 12.5. The van der Waals surface area contributed by atoms with E-state index in [9.17, 15) is 19.8 Å². The number of carboxylic acids is 1. The topological polar surface area (TPSA) is 86.6 Å². The van der Waals surface area contributed by atoms with E-state index in [-0.39, 0.29) is 18.1 Å². The molecule has 0 bridgehead atoms. The van der Waals surface area contributed by atoms with Crippen LogP contribution in [0.1, 0.15) is 102 Å². The predicted octanol–water partition coefficient (Wildman–Crippen LogP) is 6.54. The number of carbonyl (C=O) groups is 2. The summed E-state index contributed by atoms with van der Waals surface area (Å²) in [7, 11) is 0. The van der Waals surface area contributed by atoms with Crippen LogP contribution in [0.15, 0.2) is 36.4 Å². The van der Waals surface area contributed by atoms with Crippen LogP contribution in [0.25, 0.3) is 0 Å². The first-order valence-electron chi connectivity index (χ1n) is 12.5. The van der Waals surface area contributed by atoms with Gasteiger partial charge in [0.1, 0.15) is 11.8 Å². The highest BCUT2D eigenvalue weighted by Crippen LogP contribution is 2.13. The molecule has 32 heavy (non-hydrogen) atoms. The van der Waals surface area contributed by atoms with E-state index in [0.29, 0.717) is 6.42 Å². The van der Waals surface area contributed by atoms with Crippen LogP contribution >= 0.6 is 0 Å². The number of nitrogens with one attached hydrogen (secondary N) is 1. The highest BCUT2D eigenvalue weighted by atomic mass is 16.4. The maximum absolute atomic E-state index is 12.1. The van der Waals surface area contributed by atoms with Crippen molar-refractivity contribution in [1.29, 1.82) is 0 Å². The van der Waals surface area contributed by atoms with Crippen molar-refractivity contribution in [1.82, 2.24) is 5.32 Å². The molecule has 0 aromatic heterocycles. The van der Waals surface area contributed by atoms with Gasteiger partial charge in [0.25, 0.3) is 0 Å². The van der Waals surface area contributed by atoms with Crippen LogP contribution in [0.5, 0.6) is 5.75 Å². The molecule has 180 valence electrons. The molecular weight excluding hydrogens is 402 g/mol. The van der Waals surface area contributed by atoms with Crippen molar-refractivity contribution in [2.75, 3.05) is 0 Å². The number of rotatable bonds is 19. The zero-order valence-electron chi connectivity index (χ0n) is 19.9. The molecule has 0 radical (unpaired) electrons. The van der Waals surface area contributed by atoms with Crippen LogP contribution in [0.4, 0.5) is 0 Å². The lowest BCUT2D eigenvalue weighted by Crippen LogP contribution is -2.42. The lowest BCUT2D eigenvalue weighted by Gasteiger charge is -2.14. The zero-order valence-corrected chi connectivity index (χ0v) is 19.9. The molecule has 1 aromatic carbocycles. The largest absolute Gasteiger partial charge is 0.508 e. The molecule has 5 heteroatoms. The van der Waals surface area contributed by atoms with Crippen molar-refractivity contribution in [3.8, 4) is 5.75 Å². The molecular formula is C27H43NO4. The van der Waals surface area contributed by atoms with Gasteiger partial charge in [-0.15, -0.1) is 0 Å². The molecule has 0 fully saturated rings. The lowest BCUT2D eigenvalue weighted by molar-refractivity contribution is -0.141. The molecule has 5 nitrogen and oxygen atoms in total. The number of hydrogen-bond donors (Lipinski definition) is 3. The average Bonchev–Trinajstić information content (AvgIpc) is 2.77. The van der Waals surface area contributed by atoms with Crippen LogP contribution in [-0.4, -0.2) is 28.1 Å². The molecule has 0 unspecified atom stereocenters. The summed E-state index contributed by atoms with van der Waals surface area (Å²) in [6, 6.07) is 5.42. The molecule has 0 heterocycles. The Hall–Kier alpha value is -2.30. The van der Waals surface area contributed by atoms with E-state index in [4.69, 9.17) is 0 Å². The van der Waals surface area contributed by atoms with Gasteiger partial charge >= 0.3 is 5.97 Å². The summed E-state index contributed by atoms with van der Waals surface area (Å²) in [4.78, 5) is 23.6. The smallest absolute Gasteiger partial charge is 0.326 e. The summed E-state index contributed by atoms with van der Waals surface area (Å²) in [5.41, 5.74) is 0.762. The van der Waals surface area contributed by atoms with Gasteiger partial charge in [-0.1, -0.05) is 82.6 Å². The number of hydrogen-bond acceptors (Lipinski definition) is 3. The Morgan fingerprint density at radius 1 is 0.844 bits per heavy atom. The molecule has 0 aliphatic carbocycles. The Balaban J connectivity index is 2.02. The second-order valence-electron chi connectivity index (χ2n) is 8.66. The van der Waals surface area contributed by atoms with Crippen molar-refractivity contribution in [2.45, 2.75) is 109 Å². The van der Waals surface area contributed by atoms with Gasteiger partial charge in [-0.05, 0) is 49.8 Å². The third-order valence-electron chi connectivity index (χ3n) is 5.68. The van der Waals surface area contributed by atoms with Crippen molar-refractivity contribution >= 4 is 11.9 Å². The van der Waals surface area contributed by atoms with E-state index >= 15 is 0 Å². The van der Waals surface area contributed by atoms with E-state index in [0.717, 1.165) is 24.8 Å². The van der Waals surface area contributed by atoms with Gasteiger partial charge in [0, 0.05) is 12.8 Å². The van der Waals surface area contributed by atoms with E-state index in [1.54, 1.807) is 12.1 Å². The summed E-state index contributed by atoms with van der Waals surface area (Å²) in [6.45, 7) is 2.24. The minimum absolute atomic E-state index is 0.134. The van der Waals surface area contributed by atoms with Crippen LogP contribution in [0.2, 0.25) is 0 Å². The first kappa shape index (κ1) is 27.7. The fraction of sp³-hybridized carbons (Fsp3) is 0.630. The van der Waals surface area contributed by atoms with E-state index in [1.807, 2.05) is 0 Å². The normalized spacial score (nSPS) is 12.2. The Bertz CT molecular complexity index is 654. The van der Waals surface area contributed by atoms with Crippen LogP contribution < -0.4 is 5.32 Å². The Morgan fingerprint density at radius 2 is 1.38 bits per heavy atom. The van der Waals surface area contributed by atoms with Crippen molar-refractivity contribution in [3.63, 3.8) is 0 Å². The van der Waals surface area contributed by atoms with Crippen molar-refractivity contribution in [3.05, 3.63) is 42.0 Å². The van der Waals surface area contributed by atoms with Crippen molar-refractivity contribution in [2.24, 2.45) is 0 Å². The molecule has 0 saturated heterocycles. The number of phenolic OH excluding ortho intramolecular Hbond substituents is 1. The molecule has 0 saturated carbocycles. The minimum atomic E-state index is -1.04. The van der Waals surface area contributed by atoms with E-state index < -0.39 is 12.0 Å². The molecule has 1 amide bonds. The highest BCUT2D eigenvalue weighted by molar-refractivity contribution is 5.83. The number of allylic oxidation sites excluding steroid dienone is 2. The van der Waals surface area contributed by atoms with Gasteiger partial charge in [0.05, 0.1) is 0 Å². The molecule has 1 atom stereocenters. The van der Waals surface area contributed by atoms with Crippen molar-refractivity contribution < 1.29 is 19.8 Å². The number of amides is 1. The summed E-state index contributed by atoms with van der Waals surface area (Å²) in [5.74, 6) is -1.12.